The molecule has 0 aromatic heterocycles. The predicted octanol–water partition coefficient (Wildman–Crippen LogP) is 3.07. The summed E-state index contributed by atoms with van der Waals surface area (Å²) < 4.78 is 26.6. The van der Waals surface area contributed by atoms with Crippen LogP contribution in [0.5, 0.6) is 0 Å². The Balaban J connectivity index is 1.50. The summed E-state index contributed by atoms with van der Waals surface area (Å²) in [5.74, 6) is -0.559. The summed E-state index contributed by atoms with van der Waals surface area (Å²) in [4.78, 5) is 14.2. The molecule has 0 saturated heterocycles. The minimum atomic E-state index is -0.285. The summed E-state index contributed by atoms with van der Waals surface area (Å²) in [5, 5.41) is 2.94. The van der Waals surface area contributed by atoms with Gasteiger partial charge in [0.1, 0.15) is 11.6 Å². The molecule has 0 bridgehead atoms. The van der Waals surface area contributed by atoms with Gasteiger partial charge in [0.05, 0.1) is 0 Å². The number of likely N-dealkylation sites (N-methyl/N-ethyl adjacent to an activating group) is 1. The van der Waals surface area contributed by atoms with Gasteiger partial charge in [-0.2, -0.15) is 0 Å². The van der Waals surface area contributed by atoms with Crippen molar-refractivity contribution in [1.29, 1.82) is 0 Å². The number of carbonyl (C=O) groups is 1. The number of nitrogens with zero attached hydrogens (tertiary/aromatic N) is 1. The summed E-state index contributed by atoms with van der Waals surface area (Å²) in [6.07, 6.45) is 1.55. The standard InChI is InChI=1S/C20H22F2N2O/c1-24-13-15-6-7-18(22)10-16(15)11-19(24)12-23-20(25)8-5-14-3-2-4-17(21)9-14/h2-4,6-7,9-10,19H,5,8,11-13H2,1H3,(H,23,25). The van der Waals surface area contributed by atoms with Gasteiger partial charge in [-0.15, -0.1) is 0 Å². The summed E-state index contributed by atoms with van der Waals surface area (Å²) in [7, 11) is 2.01. The number of hydrogen-bond donors (Lipinski definition) is 1. The molecule has 0 saturated carbocycles. The average molecular weight is 344 g/mol. The van der Waals surface area contributed by atoms with Crippen molar-refractivity contribution in [3.05, 3.63) is 70.8 Å². The molecular formula is C20H22F2N2O. The monoisotopic (exact) mass is 344 g/mol. The lowest BCUT2D eigenvalue weighted by Crippen LogP contribution is -2.45. The van der Waals surface area contributed by atoms with Gasteiger partial charge in [0.2, 0.25) is 5.91 Å². The van der Waals surface area contributed by atoms with Crippen LogP contribution in [0.3, 0.4) is 0 Å². The number of hydrogen-bond acceptors (Lipinski definition) is 2. The Morgan fingerprint density at radius 3 is 2.76 bits per heavy atom. The number of fused-ring (bicyclic) bond motifs is 1. The van der Waals surface area contributed by atoms with Gasteiger partial charge in [-0.05, 0) is 60.8 Å². The van der Waals surface area contributed by atoms with Crippen LogP contribution in [-0.4, -0.2) is 30.4 Å². The van der Waals surface area contributed by atoms with Crippen LogP contribution in [0.25, 0.3) is 0 Å². The minimum absolute atomic E-state index is 0.0531. The molecule has 5 heteroatoms. The molecule has 0 spiro atoms. The molecular weight excluding hydrogens is 322 g/mol. The molecule has 1 amide bonds. The Labute approximate surface area is 146 Å². The van der Waals surface area contributed by atoms with Crippen molar-refractivity contribution in [2.24, 2.45) is 0 Å². The topological polar surface area (TPSA) is 32.3 Å². The van der Waals surface area contributed by atoms with E-state index in [0.717, 1.165) is 23.2 Å². The Kier molecular flexibility index (Phi) is 5.43. The molecule has 2 aromatic carbocycles. The van der Waals surface area contributed by atoms with Gasteiger partial charge in [0, 0.05) is 25.6 Å². The van der Waals surface area contributed by atoms with Crippen molar-refractivity contribution in [2.75, 3.05) is 13.6 Å². The molecule has 1 unspecified atom stereocenters. The lowest BCUT2D eigenvalue weighted by molar-refractivity contribution is -0.121. The van der Waals surface area contributed by atoms with Crippen LogP contribution in [-0.2, 0) is 24.2 Å². The first-order valence-corrected chi connectivity index (χ1v) is 8.50. The van der Waals surface area contributed by atoms with Crippen molar-refractivity contribution < 1.29 is 13.6 Å². The lowest BCUT2D eigenvalue weighted by atomic mass is 9.94. The van der Waals surface area contributed by atoms with E-state index in [4.69, 9.17) is 0 Å². The van der Waals surface area contributed by atoms with E-state index in [1.54, 1.807) is 12.1 Å². The molecule has 0 fully saturated rings. The van der Waals surface area contributed by atoms with Crippen LogP contribution >= 0.6 is 0 Å². The van der Waals surface area contributed by atoms with Crippen molar-refractivity contribution >= 4 is 5.91 Å². The number of rotatable bonds is 5. The molecule has 3 nitrogen and oxygen atoms in total. The maximum absolute atomic E-state index is 13.4. The summed E-state index contributed by atoms with van der Waals surface area (Å²) in [6.45, 7) is 1.27. The minimum Gasteiger partial charge on any atom is -0.355 e. The van der Waals surface area contributed by atoms with Gasteiger partial charge >= 0.3 is 0 Å². The largest absolute Gasteiger partial charge is 0.355 e. The first-order chi connectivity index (χ1) is 12.0. The third-order valence-electron chi connectivity index (χ3n) is 4.73. The van der Waals surface area contributed by atoms with E-state index in [2.05, 4.69) is 10.2 Å². The first kappa shape index (κ1) is 17.5. The SMILES string of the molecule is CN1Cc2ccc(F)cc2CC1CNC(=O)CCc1cccc(F)c1. The van der Waals surface area contributed by atoms with Crippen LogP contribution in [0.4, 0.5) is 8.78 Å². The van der Waals surface area contributed by atoms with E-state index in [9.17, 15) is 13.6 Å². The third kappa shape index (κ3) is 4.63. The van der Waals surface area contributed by atoms with Crippen LogP contribution in [0, 0.1) is 11.6 Å². The highest BCUT2D eigenvalue weighted by Crippen LogP contribution is 2.22. The fourth-order valence-electron chi connectivity index (χ4n) is 3.24. The molecule has 1 atom stereocenters. The zero-order chi connectivity index (χ0) is 17.8. The van der Waals surface area contributed by atoms with Gasteiger partial charge in [-0.25, -0.2) is 8.78 Å². The van der Waals surface area contributed by atoms with E-state index >= 15 is 0 Å². The van der Waals surface area contributed by atoms with Gasteiger partial charge in [0.25, 0.3) is 0 Å². The Hall–Kier alpha value is -2.27. The number of carbonyl (C=O) groups excluding carboxylic acids is 1. The van der Waals surface area contributed by atoms with E-state index in [0.29, 0.717) is 25.8 Å². The van der Waals surface area contributed by atoms with E-state index < -0.39 is 0 Å². The van der Waals surface area contributed by atoms with E-state index in [1.165, 1.54) is 18.2 Å². The van der Waals surface area contributed by atoms with Crippen LogP contribution < -0.4 is 5.32 Å². The highest BCUT2D eigenvalue weighted by atomic mass is 19.1. The molecule has 0 radical (unpaired) electrons. The highest BCUT2D eigenvalue weighted by molar-refractivity contribution is 5.76. The van der Waals surface area contributed by atoms with Crippen molar-refractivity contribution in [1.82, 2.24) is 10.2 Å². The second-order valence-electron chi connectivity index (χ2n) is 6.62. The summed E-state index contributed by atoms with van der Waals surface area (Å²) in [5.41, 5.74) is 2.96. The maximum atomic E-state index is 13.4. The number of aryl methyl sites for hydroxylation is 1. The van der Waals surface area contributed by atoms with Gasteiger partial charge in [-0.3, -0.25) is 9.69 Å². The first-order valence-electron chi connectivity index (χ1n) is 8.50. The van der Waals surface area contributed by atoms with E-state index in [-0.39, 0.29) is 23.6 Å². The van der Waals surface area contributed by atoms with Crippen LogP contribution in [0.1, 0.15) is 23.1 Å². The van der Waals surface area contributed by atoms with Gasteiger partial charge in [0.15, 0.2) is 0 Å². The quantitative estimate of drug-likeness (QED) is 0.904. The summed E-state index contributed by atoms with van der Waals surface area (Å²) in [6, 6.07) is 11.4. The fraction of sp³-hybridized carbons (Fsp3) is 0.350. The fourth-order valence-corrected chi connectivity index (χ4v) is 3.24. The molecule has 1 aliphatic rings. The molecule has 132 valence electrons. The second kappa shape index (κ2) is 7.74. The van der Waals surface area contributed by atoms with Crippen molar-refractivity contribution in [3.63, 3.8) is 0 Å². The molecule has 25 heavy (non-hydrogen) atoms. The summed E-state index contributed by atoms with van der Waals surface area (Å²) >= 11 is 0. The normalized spacial score (nSPS) is 17.2. The Bertz CT molecular complexity index is 763. The number of benzene rings is 2. The molecule has 1 heterocycles. The second-order valence-corrected chi connectivity index (χ2v) is 6.62. The van der Waals surface area contributed by atoms with Gasteiger partial charge < -0.3 is 5.32 Å². The van der Waals surface area contributed by atoms with Crippen molar-refractivity contribution in [3.8, 4) is 0 Å². The zero-order valence-corrected chi connectivity index (χ0v) is 14.3. The molecule has 2 aromatic rings. The maximum Gasteiger partial charge on any atom is 0.220 e. The van der Waals surface area contributed by atoms with Crippen molar-refractivity contribution in [2.45, 2.75) is 31.8 Å². The molecule has 0 aliphatic carbocycles. The zero-order valence-electron chi connectivity index (χ0n) is 14.3. The van der Waals surface area contributed by atoms with Gasteiger partial charge in [-0.1, -0.05) is 18.2 Å². The smallest absolute Gasteiger partial charge is 0.220 e. The number of nitrogens with one attached hydrogen (secondary N) is 1. The van der Waals surface area contributed by atoms with E-state index in [1.807, 2.05) is 19.2 Å². The third-order valence-corrected chi connectivity index (χ3v) is 4.73. The molecule has 3 rings (SSSR count). The molecule has 1 N–H and O–H groups in total. The number of amides is 1. The predicted molar refractivity (Wildman–Crippen MR) is 93.1 cm³/mol. The van der Waals surface area contributed by atoms with Crippen LogP contribution in [0.2, 0.25) is 0 Å². The Morgan fingerprint density at radius 2 is 1.96 bits per heavy atom. The number of halogens is 2. The van der Waals surface area contributed by atoms with Crippen LogP contribution in [0.15, 0.2) is 42.5 Å². The molecule has 1 aliphatic heterocycles. The highest BCUT2D eigenvalue weighted by Gasteiger charge is 2.23. The average Bonchev–Trinajstić information content (AvgIpc) is 2.58. The lowest BCUT2D eigenvalue weighted by Gasteiger charge is -2.34. The Morgan fingerprint density at radius 1 is 1.16 bits per heavy atom.